The van der Waals surface area contributed by atoms with E-state index in [1.54, 1.807) is 12.1 Å². The number of primary amides is 1. The number of rotatable bonds is 8. The molecule has 1 unspecified atom stereocenters. The van der Waals surface area contributed by atoms with E-state index >= 15 is 0 Å². The van der Waals surface area contributed by atoms with Gasteiger partial charge in [-0.3, -0.25) is 14.6 Å². The zero-order valence-electron chi connectivity index (χ0n) is 21.0. The number of nitrogens with one attached hydrogen (secondary N) is 2. The fourth-order valence-electron chi connectivity index (χ4n) is 5.84. The number of aromatic nitrogens is 2. The molecule has 2 aromatic rings. The summed E-state index contributed by atoms with van der Waals surface area (Å²) < 4.78 is 13.5. The minimum absolute atomic E-state index is 0.0379. The first kappa shape index (κ1) is 24.7. The van der Waals surface area contributed by atoms with Gasteiger partial charge < -0.3 is 16.5 Å². The molecule has 0 fully saturated rings. The van der Waals surface area contributed by atoms with Crippen LogP contribution >= 0.6 is 0 Å². The van der Waals surface area contributed by atoms with Gasteiger partial charge in [-0.05, 0) is 67.5 Å². The van der Waals surface area contributed by atoms with Crippen LogP contribution in [0.3, 0.4) is 0 Å². The number of hydrazine groups is 1. The Bertz CT molecular complexity index is 1320. The molecule has 0 radical (unpaired) electrons. The number of halogens is 1. The van der Waals surface area contributed by atoms with Gasteiger partial charge in [-0.2, -0.15) is 0 Å². The van der Waals surface area contributed by atoms with E-state index in [1.807, 2.05) is 11.2 Å². The van der Waals surface area contributed by atoms with Crippen molar-refractivity contribution in [1.82, 2.24) is 20.7 Å². The number of hydrogen-bond donors (Lipinski definition) is 3. The van der Waals surface area contributed by atoms with Gasteiger partial charge in [0.05, 0.1) is 11.4 Å². The van der Waals surface area contributed by atoms with Crippen molar-refractivity contribution in [2.75, 3.05) is 5.01 Å². The molecule has 5 rings (SSSR count). The predicted molar refractivity (Wildman–Crippen MR) is 138 cm³/mol. The highest BCUT2D eigenvalue weighted by Gasteiger charge is 2.38. The molecule has 0 saturated heterocycles. The van der Waals surface area contributed by atoms with Gasteiger partial charge in [-0.25, -0.2) is 14.4 Å². The molecule has 0 saturated carbocycles. The molecule has 37 heavy (non-hydrogen) atoms. The van der Waals surface area contributed by atoms with Crippen LogP contribution in [0.25, 0.3) is 0 Å². The monoisotopic (exact) mass is 502 g/mol. The van der Waals surface area contributed by atoms with Crippen molar-refractivity contribution < 1.29 is 14.0 Å². The maximum absolute atomic E-state index is 13.5. The van der Waals surface area contributed by atoms with Crippen LogP contribution in [0.5, 0.6) is 0 Å². The lowest BCUT2D eigenvalue weighted by Gasteiger charge is -2.31. The maximum atomic E-state index is 13.5. The van der Waals surface area contributed by atoms with Crippen LogP contribution in [0.4, 0.5) is 10.1 Å². The summed E-state index contributed by atoms with van der Waals surface area (Å²) in [6.45, 7) is 4.32. The first-order valence-electron chi connectivity index (χ1n) is 12.8. The van der Waals surface area contributed by atoms with Gasteiger partial charge in [-0.1, -0.05) is 25.8 Å². The SMILES string of the molecule is CCCC(C[C@H]1CCC2=C1[C@@H](C)C1=CNN(c3ccc(F)cc3)C1=C2)NC(=O)c1nccnc1C(N)=O. The summed E-state index contributed by atoms with van der Waals surface area (Å²) in [6, 6.07) is 6.40. The zero-order valence-corrected chi connectivity index (χ0v) is 21.0. The maximum Gasteiger partial charge on any atom is 0.272 e. The molecule has 3 aliphatic rings. The average Bonchev–Trinajstić information content (AvgIpc) is 3.49. The predicted octanol–water partition coefficient (Wildman–Crippen LogP) is 4.15. The summed E-state index contributed by atoms with van der Waals surface area (Å²) in [5.74, 6) is -0.908. The van der Waals surface area contributed by atoms with Crippen molar-refractivity contribution in [2.24, 2.45) is 17.6 Å². The summed E-state index contributed by atoms with van der Waals surface area (Å²) in [6.07, 6.45) is 11.5. The number of benzene rings is 1. The lowest BCUT2D eigenvalue weighted by atomic mass is 9.78. The fourth-order valence-corrected chi connectivity index (χ4v) is 5.84. The highest BCUT2D eigenvalue weighted by atomic mass is 19.1. The molecule has 2 aliphatic carbocycles. The molecule has 0 bridgehead atoms. The Hall–Kier alpha value is -4.01. The van der Waals surface area contributed by atoms with Gasteiger partial charge in [0.2, 0.25) is 0 Å². The van der Waals surface area contributed by atoms with E-state index in [0.29, 0.717) is 5.92 Å². The minimum Gasteiger partial charge on any atom is -0.364 e. The van der Waals surface area contributed by atoms with Crippen molar-refractivity contribution in [3.63, 3.8) is 0 Å². The number of nitrogens with zero attached hydrogens (tertiary/aromatic N) is 3. The molecule has 1 aromatic carbocycles. The molecular formula is C28H31FN6O2. The lowest BCUT2D eigenvalue weighted by molar-refractivity contribution is 0.0908. The van der Waals surface area contributed by atoms with E-state index < -0.39 is 11.8 Å². The lowest BCUT2D eigenvalue weighted by Crippen LogP contribution is -2.38. The van der Waals surface area contributed by atoms with Crippen LogP contribution in [0.2, 0.25) is 0 Å². The Morgan fingerprint density at radius 1 is 1.22 bits per heavy atom. The summed E-state index contributed by atoms with van der Waals surface area (Å²) >= 11 is 0. The number of allylic oxidation sites excluding steroid dienone is 4. The Kier molecular flexibility index (Phi) is 6.78. The van der Waals surface area contributed by atoms with Crippen molar-refractivity contribution in [3.05, 3.63) is 88.6 Å². The number of fused-ring (bicyclic) bond motifs is 1. The second-order valence-electron chi connectivity index (χ2n) is 9.82. The van der Waals surface area contributed by atoms with Crippen molar-refractivity contribution in [1.29, 1.82) is 0 Å². The van der Waals surface area contributed by atoms with Crippen molar-refractivity contribution in [2.45, 2.75) is 52.0 Å². The topological polar surface area (TPSA) is 113 Å². The van der Waals surface area contributed by atoms with Crippen LogP contribution < -0.4 is 21.5 Å². The quantitative estimate of drug-likeness (QED) is 0.500. The molecule has 1 aliphatic heterocycles. The molecule has 8 nitrogen and oxygen atoms in total. The van der Waals surface area contributed by atoms with Crippen LogP contribution in [0, 0.1) is 17.7 Å². The minimum atomic E-state index is -0.775. The zero-order chi connectivity index (χ0) is 26.1. The van der Waals surface area contributed by atoms with Gasteiger partial charge >= 0.3 is 0 Å². The van der Waals surface area contributed by atoms with Gasteiger partial charge in [0.25, 0.3) is 11.8 Å². The average molecular weight is 503 g/mol. The van der Waals surface area contributed by atoms with Crippen LogP contribution in [-0.2, 0) is 0 Å². The fraction of sp³-hybridized carbons (Fsp3) is 0.357. The number of hydrogen-bond acceptors (Lipinski definition) is 6. The standard InChI is InChI=1S/C28H31FN6O2/c1-3-4-20(34-28(37)26-25(27(30)36)31-11-12-32-26)13-17-5-6-18-14-23-22(16(2)24(17)18)15-33-35(23)21-9-7-19(29)8-10-21/h7-12,14-17,20,33H,3-6,13H2,1-2H3,(H2,30,36)(H,34,37)/t16-,17+,20?/m0/s1. The van der Waals surface area contributed by atoms with Gasteiger partial charge in [0.15, 0.2) is 11.4 Å². The molecule has 4 N–H and O–H groups in total. The Labute approximate surface area is 215 Å². The van der Waals surface area contributed by atoms with Gasteiger partial charge in [0.1, 0.15) is 5.82 Å². The number of anilines is 1. The van der Waals surface area contributed by atoms with Crippen LogP contribution in [-0.4, -0.2) is 27.8 Å². The van der Waals surface area contributed by atoms with Crippen molar-refractivity contribution >= 4 is 17.5 Å². The molecule has 2 amide bonds. The van der Waals surface area contributed by atoms with E-state index in [2.05, 4.69) is 40.6 Å². The van der Waals surface area contributed by atoms with E-state index in [9.17, 15) is 14.0 Å². The Morgan fingerprint density at radius 2 is 1.95 bits per heavy atom. The number of carbonyl (C=O) groups excluding carboxylic acids is 2. The molecule has 3 atom stereocenters. The van der Waals surface area contributed by atoms with Crippen LogP contribution in [0.15, 0.2) is 71.4 Å². The van der Waals surface area contributed by atoms with E-state index in [1.165, 1.54) is 41.2 Å². The number of nitrogens with two attached hydrogens (primary N) is 1. The van der Waals surface area contributed by atoms with E-state index in [4.69, 9.17) is 5.73 Å². The summed E-state index contributed by atoms with van der Waals surface area (Å²) in [4.78, 5) is 32.8. The third-order valence-electron chi connectivity index (χ3n) is 7.48. The highest BCUT2D eigenvalue weighted by molar-refractivity contribution is 6.04. The number of amides is 2. The second-order valence-corrected chi connectivity index (χ2v) is 9.82. The van der Waals surface area contributed by atoms with Crippen molar-refractivity contribution in [3.8, 4) is 0 Å². The smallest absolute Gasteiger partial charge is 0.272 e. The third kappa shape index (κ3) is 4.73. The molecule has 2 heterocycles. The molecule has 0 spiro atoms. The largest absolute Gasteiger partial charge is 0.364 e. The highest BCUT2D eigenvalue weighted by Crippen LogP contribution is 2.49. The molecule has 192 valence electrons. The first-order chi connectivity index (χ1) is 17.9. The molecular weight excluding hydrogens is 471 g/mol. The van der Waals surface area contributed by atoms with Crippen LogP contribution in [0.1, 0.15) is 66.9 Å². The normalized spacial score (nSPS) is 21.0. The van der Waals surface area contributed by atoms with Gasteiger partial charge in [-0.15, -0.1) is 0 Å². The second kappa shape index (κ2) is 10.2. The summed E-state index contributed by atoms with van der Waals surface area (Å²) in [5.41, 5.74) is 14.5. The number of carbonyl (C=O) groups is 2. The first-order valence-corrected chi connectivity index (χ1v) is 12.8. The summed E-state index contributed by atoms with van der Waals surface area (Å²) in [5, 5.41) is 5.09. The van der Waals surface area contributed by atoms with Gasteiger partial charge in [0, 0.05) is 36.1 Å². The van der Waals surface area contributed by atoms with E-state index in [-0.39, 0.29) is 29.2 Å². The summed E-state index contributed by atoms with van der Waals surface area (Å²) in [7, 11) is 0. The third-order valence-corrected chi connectivity index (χ3v) is 7.48. The van der Waals surface area contributed by atoms with E-state index in [0.717, 1.165) is 43.5 Å². The Balaban J connectivity index is 1.35. The molecule has 9 heteroatoms. The Morgan fingerprint density at radius 3 is 2.65 bits per heavy atom. The molecule has 1 aromatic heterocycles.